The molecule has 1 atom stereocenters. The SMILES string of the molecule is CCC(C)c1cccc(N2CCN(CC3CCN(C)CC3)CC2)c1. The number of hydrogen-bond donors (Lipinski definition) is 0. The Kier molecular flexibility index (Phi) is 6.18. The zero-order chi connectivity index (χ0) is 16.9. The molecule has 3 rings (SSSR count). The average molecular weight is 330 g/mol. The van der Waals surface area contributed by atoms with Crippen LogP contribution in [0.2, 0.25) is 0 Å². The van der Waals surface area contributed by atoms with Crippen molar-refractivity contribution in [2.75, 3.05) is 57.8 Å². The Morgan fingerprint density at radius 3 is 2.42 bits per heavy atom. The smallest absolute Gasteiger partial charge is 0.0369 e. The van der Waals surface area contributed by atoms with Crippen LogP contribution < -0.4 is 4.90 Å². The Morgan fingerprint density at radius 2 is 1.75 bits per heavy atom. The van der Waals surface area contributed by atoms with Gasteiger partial charge < -0.3 is 9.80 Å². The maximum atomic E-state index is 2.70. The van der Waals surface area contributed by atoms with E-state index in [1.54, 1.807) is 0 Å². The predicted molar refractivity (Wildman–Crippen MR) is 104 cm³/mol. The molecule has 1 unspecified atom stereocenters. The number of hydrogen-bond acceptors (Lipinski definition) is 3. The molecule has 3 heteroatoms. The zero-order valence-corrected chi connectivity index (χ0v) is 15.9. The summed E-state index contributed by atoms with van der Waals surface area (Å²) < 4.78 is 0. The van der Waals surface area contributed by atoms with Crippen molar-refractivity contribution < 1.29 is 0 Å². The van der Waals surface area contributed by atoms with Crippen molar-refractivity contribution in [3.05, 3.63) is 29.8 Å². The van der Waals surface area contributed by atoms with Crippen LogP contribution in [-0.4, -0.2) is 62.7 Å². The second-order valence-corrected chi connectivity index (χ2v) is 7.94. The lowest BCUT2D eigenvalue weighted by atomic mass is 9.96. The van der Waals surface area contributed by atoms with Crippen LogP contribution in [0.1, 0.15) is 44.6 Å². The molecule has 0 N–H and O–H groups in total. The van der Waals surface area contributed by atoms with E-state index >= 15 is 0 Å². The third-order valence-electron chi connectivity index (χ3n) is 6.14. The molecule has 2 aliphatic rings. The van der Waals surface area contributed by atoms with Crippen LogP contribution in [0.25, 0.3) is 0 Å². The number of likely N-dealkylation sites (tertiary alicyclic amines) is 1. The summed E-state index contributed by atoms with van der Waals surface area (Å²) in [7, 11) is 2.25. The topological polar surface area (TPSA) is 9.72 Å². The number of rotatable bonds is 5. The van der Waals surface area contributed by atoms with E-state index in [4.69, 9.17) is 0 Å². The van der Waals surface area contributed by atoms with E-state index in [1.807, 2.05) is 0 Å². The summed E-state index contributed by atoms with van der Waals surface area (Å²) in [5.41, 5.74) is 2.91. The minimum absolute atomic E-state index is 0.663. The van der Waals surface area contributed by atoms with E-state index in [2.05, 4.69) is 59.9 Å². The van der Waals surface area contributed by atoms with Gasteiger partial charge in [-0.25, -0.2) is 0 Å². The van der Waals surface area contributed by atoms with E-state index in [0.29, 0.717) is 5.92 Å². The van der Waals surface area contributed by atoms with Gasteiger partial charge in [-0.05, 0) is 68.9 Å². The van der Waals surface area contributed by atoms with Crippen LogP contribution >= 0.6 is 0 Å². The molecular formula is C21H35N3. The zero-order valence-electron chi connectivity index (χ0n) is 15.9. The molecule has 2 fully saturated rings. The summed E-state index contributed by atoms with van der Waals surface area (Å²) in [5.74, 6) is 1.58. The van der Waals surface area contributed by atoms with Gasteiger partial charge in [0.1, 0.15) is 0 Å². The molecule has 1 aromatic carbocycles. The number of nitrogens with zero attached hydrogens (tertiary/aromatic N) is 3. The van der Waals surface area contributed by atoms with Gasteiger partial charge in [0.05, 0.1) is 0 Å². The molecule has 2 saturated heterocycles. The van der Waals surface area contributed by atoms with Gasteiger partial charge >= 0.3 is 0 Å². The highest BCUT2D eigenvalue weighted by Crippen LogP contribution is 2.25. The number of anilines is 1. The molecule has 0 radical (unpaired) electrons. The van der Waals surface area contributed by atoms with Crippen LogP contribution in [0.15, 0.2) is 24.3 Å². The van der Waals surface area contributed by atoms with Crippen LogP contribution in [-0.2, 0) is 0 Å². The Hall–Kier alpha value is -1.06. The molecular weight excluding hydrogens is 294 g/mol. The molecule has 0 spiro atoms. The summed E-state index contributed by atoms with van der Waals surface area (Å²) in [6.07, 6.45) is 3.98. The quantitative estimate of drug-likeness (QED) is 0.816. The lowest BCUT2D eigenvalue weighted by Gasteiger charge is -2.39. The highest BCUT2D eigenvalue weighted by atomic mass is 15.3. The Bertz CT molecular complexity index is 500. The highest BCUT2D eigenvalue weighted by molar-refractivity contribution is 5.49. The van der Waals surface area contributed by atoms with E-state index in [1.165, 1.54) is 76.3 Å². The summed E-state index contributed by atoms with van der Waals surface area (Å²) in [5, 5.41) is 0. The molecule has 2 aliphatic heterocycles. The Morgan fingerprint density at radius 1 is 1.04 bits per heavy atom. The first-order valence-electron chi connectivity index (χ1n) is 9.91. The molecule has 0 saturated carbocycles. The molecule has 134 valence electrons. The van der Waals surface area contributed by atoms with Crippen LogP contribution in [0.4, 0.5) is 5.69 Å². The van der Waals surface area contributed by atoms with Crippen molar-refractivity contribution in [2.24, 2.45) is 5.92 Å². The molecule has 0 amide bonds. The Balaban J connectivity index is 1.50. The number of piperazine rings is 1. The van der Waals surface area contributed by atoms with Gasteiger partial charge in [-0.2, -0.15) is 0 Å². The van der Waals surface area contributed by atoms with Gasteiger partial charge in [0, 0.05) is 38.4 Å². The first-order valence-corrected chi connectivity index (χ1v) is 9.91. The van der Waals surface area contributed by atoms with Crippen LogP contribution in [0, 0.1) is 5.92 Å². The fraction of sp³-hybridized carbons (Fsp3) is 0.714. The van der Waals surface area contributed by atoms with Gasteiger partial charge in [-0.3, -0.25) is 4.90 Å². The van der Waals surface area contributed by atoms with Crippen LogP contribution in [0.5, 0.6) is 0 Å². The van der Waals surface area contributed by atoms with Crippen molar-refractivity contribution in [3.8, 4) is 0 Å². The van der Waals surface area contributed by atoms with Crippen molar-refractivity contribution in [1.29, 1.82) is 0 Å². The first-order chi connectivity index (χ1) is 11.7. The second-order valence-electron chi connectivity index (χ2n) is 7.94. The first kappa shape index (κ1) is 17.8. The van der Waals surface area contributed by atoms with Crippen molar-refractivity contribution in [3.63, 3.8) is 0 Å². The van der Waals surface area contributed by atoms with Crippen molar-refractivity contribution in [1.82, 2.24) is 9.80 Å². The molecule has 2 heterocycles. The summed E-state index contributed by atoms with van der Waals surface area (Å²) in [6.45, 7) is 13.3. The summed E-state index contributed by atoms with van der Waals surface area (Å²) >= 11 is 0. The summed E-state index contributed by atoms with van der Waals surface area (Å²) in [6, 6.07) is 9.23. The molecule has 0 aliphatic carbocycles. The van der Waals surface area contributed by atoms with E-state index in [-0.39, 0.29) is 0 Å². The van der Waals surface area contributed by atoms with Crippen molar-refractivity contribution in [2.45, 2.75) is 39.0 Å². The van der Waals surface area contributed by atoms with E-state index in [0.717, 1.165) is 5.92 Å². The minimum Gasteiger partial charge on any atom is -0.369 e. The predicted octanol–water partition coefficient (Wildman–Crippen LogP) is 3.66. The largest absolute Gasteiger partial charge is 0.369 e. The van der Waals surface area contributed by atoms with Crippen molar-refractivity contribution >= 4 is 5.69 Å². The van der Waals surface area contributed by atoms with E-state index in [9.17, 15) is 0 Å². The van der Waals surface area contributed by atoms with Gasteiger partial charge in [0.2, 0.25) is 0 Å². The number of benzene rings is 1. The highest BCUT2D eigenvalue weighted by Gasteiger charge is 2.23. The lowest BCUT2D eigenvalue weighted by Crippen LogP contribution is -2.48. The molecule has 0 bridgehead atoms. The lowest BCUT2D eigenvalue weighted by molar-refractivity contribution is 0.155. The second kappa shape index (κ2) is 8.35. The maximum absolute atomic E-state index is 2.70. The fourth-order valence-electron chi connectivity index (χ4n) is 4.06. The van der Waals surface area contributed by atoms with Gasteiger partial charge in [-0.1, -0.05) is 26.0 Å². The molecule has 0 aromatic heterocycles. The minimum atomic E-state index is 0.663. The van der Waals surface area contributed by atoms with Gasteiger partial charge in [-0.15, -0.1) is 0 Å². The molecule has 1 aromatic rings. The van der Waals surface area contributed by atoms with Gasteiger partial charge in [0.25, 0.3) is 0 Å². The molecule has 24 heavy (non-hydrogen) atoms. The van der Waals surface area contributed by atoms with Crippen LogP contribution in [0.3, 0.4) is 0 Å². The fourth-order valence-corrected chi connectivity index (χ4v) is 4.06. The average Bonchev–Trinajstić information content (AvgIpc) is 2.64. The third kappa shape index (κ3) is 4.52. The normalized spacial score (nSPS) is 22.7. The Labute approximate surface area is 148 Å². The standard InChI is InChI=1S/C21H35N3/c1-4-18(2)20-6-5-7-21(16-20)24-14-12-23(13-15-24)17-19-8-10-22(3)11-9-19/h5-7,16,18-19H,4,8-15,17H2,1-3H3. The maximum Gasteiger partial charge on any atom is 0.0369 e. The monoisotopic (exact) mass is 329 g/mol. The third-order valence-corrected chi connectivity index (χ3v) is 6.14. The molecule has 3 nitrogen and oxygen atoms in total. The summed E-state index contributed by atoms with van der Waals surface area (Å²) in [4.78, 5) is 7.75. The number of piperidine rings is 1. The van der Waals surface area contributed by atoms with Gasteiger partial charge in [0.15, 0.2) is 0 Å². The van der Waals surface area contributed by atoms with E-state index < -0.39 is 0 Å².